The lowest BCUT2D eigenvalue weighted by atomic mass is 9.96. The monoisotopic (exact) mass is 379 g/mol. The number of ether oxygens (including phenoxy) is 1. The van der Waals surface area contributed by atoms with Crippen molar-refractivity contribution < 1.29 is 19.4 Å². The molecule has 2 aromatic heterocycles. The van der Waals surface area contributed by atoms with E-state index in [1.807, 2.05) is 41.1 Å². The van der Waals surface area contributed by atoms with Crippen LogP contribution >= 0.6 is 0 Å². The van der Waals surface area contributed by atoms with Crippen LogP contribution in [-0.4, -0.2) is 44.4 Å². The standard InChI is InChI=1S/C21H21N3O4/c25-20(23-10-7-15(8-11-23)21(26)27)16-4-3-5-18(12-16)28-14-17-13-24-9-2-1-6-19(24)22-17/h1-6,9,12-13,15H,7-8,10-11,14H2,(H,26,27). The van der Waals surface area contributed by atoms with Gasteiger partial charge in [-0.2, -0.15) is 0 Å². The highest BCUT2D eigenvalue weighted by Crippen LogP contribution is 2.21. The van der Waals surface area contributed by atoms with Crippen LogP contribution in [0.4, 0.5) is 0 Å². The molecule has 28 heavy (non-hydrogen) atoms. The number of pyridine rings is 1. The van der Waals surface area contributed by atoms with Crippen LogP contribution in [0, 0.1) is 5.92 Å². The highest BCUT2D eigenvalue weighted by molar-refractivity contribution is 5.94. The fraction of sp³-hybridized carbons (Fsp3) is 0.286. The molecule has 1 fully saturated rings. The van der Waals surface area contributed by atoms with Gasteiger partial charge in [0.1, 0.15) is 18.0 Å². The first kappa shape index (κ1) is 18.0. The fourth-order valence-electron chi connectivity index (χ4n) is 3.45. The Morgan fingerprint density at radius 1 is 1.14 bits per heavy atom. The molecule has 0 saturated carbocycles. The number of likely N-dealkylation sites (tertiary alicyclic amines) is 1. The number of benzene rings is 1. The number of hydrogen-bond donors (Lipinski definition) is 1. The maximum atomic E-state index is 12.7. The van der Waals surface area contributed by atoms with Gasteiger partial charge in [0, 0.05) is 31.0 Å². The van der Waals surface area contributed by atoms with Crippen LogP contribution in [0.5, 0.6) is 5.75 Å². The third kappa shape index (κ3) is 3.83. The van der Waals surface area contributed by atoms with Gasteiger partial charge in [-0.05, 0) is 43.2 Å². The van der Waals surface area contributed by atoms with Crippen molar-refractivity contribution in [3.05, 3.63) is 66.1 Å². The first-order chi connectivity index (χ1) is 13.6. The normalized spacial score (nSPS) is 14.9. The van der Waals surface area contributed by atoms with E-state index in [9.17, 15) is 9.59 Å². The van der Waals surface area contributed by atoms with Crippen molar-refractivity contribution in [1.82, 2.24) is 14.3 Å². The summed E-state index contributed by atoms with van der Waals surface area (Å²) >= 11 is 0. The third-order valence-corrected chi connectivity index (χ3v) is 5.01. The largest absolute Gasteiger partial charge is 0.487 e. The molecule has 0 unspecified atom stereocenters. The minimum atomic E-state index is -0.783. The molecule has 1 aliphatic rings. The van der Waals surface area contributed by atoms with Crippen LogP contribution in [0.3, 0.4) is 0 Å². The van der Waals surface area contributed by atoms with Crippen molar-refractivity contribution in [1.29, 1.82) is 0 Å². The van der Waals surface area contributed by atoms with Gasteiger partial charge in [-0.15, -0.1) is 0 Å². The second-order valence-corrected chi connectivity index (χ2v) is 6.92. The summed E-state index contributed by atoms with van der Waals surface area (Å²) in [5.74, 6) is -0.635. The van der Waals surface area contributed by atoms with Gasteiger partial charge in [-0.3, -0.25) is 9.59 Å². The highest BCUT2D eigenvalue weighted by atomic mass is 16.5. The van der Waals surface area contributed by atoms with Crippen LogP contribution in [-0.2, 0) is 11.4 Å². The molecule has 1 amide bonds. The zero-order valence-corrected chi connectivity index (χ0v) is 15.3. The number of rotatable bonds is 5. The van der Waals surface area contributed by atoms with Gasteiger partial charge in [0.05, 0.1) is 11.6 Å². The average molecular weight is 379 g/mol. The van der Waals surface area contributed by atoms with E-state index in [2.05, 4.69) is 4.98 Å². The molecule has 7 nitrogen and oxygen atoms in total. The van der Waals surface area contributed by atoms with E-state index in [0.29, 0.717) is 43.9 Å². The predicted octanol–water partition coefficient (Wildman–Crippen LogP) is 2.85. The molecule has 1 aliphatic heterocycles. The lowest BCUT2D eigenvalue weighted by molar-refractivity contribution is -0.143. The summed E-state index contributed by atoms with van der Waals surface area (Å²) < 4.78 is 7.75. The average Bonchev–Trinajstić information content (AvgIpc) is 3.15. The van der Waals surface area contributed by atoms with Crippen LogP contribution in [0.2, 0.25) is 0 Å². The Hall–Kier alpha value is -3.35. The molecule has 0 atom stereocenters. The number of carbonyl (C=O) groups excluding carboxylic acids is 1. The van der Waals surface area contributed by atoms with E-state index >= 15 is 0 Å². The number of amides is 1. The predicted molar refractivity (Wildman–Crippen MR) is 102 cm³/mol. The fourth-order valence-corrected chi connectivity index (χ4v) is 3.45. The Bertz CT molecular complexity index is 973. The molecule has 144 valence electrons. The Balaban J connectivity index is 1.40. The zero-order valence-electron chi connectivity index (χ0n) is 15.3. The van der Waals surface area contributed by atoms with E-state index < -0.39 is 5.97 Å². The van der Waals surface area contributed by atoms with Crippen molar-refractivity contribution in [3.8, 4) is 5.75 Å². The van der Waals surface area contributed by atoms with Crippen molar-refractivity contribution in [2.75, 3.05) is 13.1 Å². The van der Waals surface area contributed by atoms with E-state index in [1.54, 1.807) is 23.1 Å². The van der Waals surface area contributed by atoms with Crippen LogP contribution in [0.15, 0.2) is 54.9 Å². The molecule has 3 heterocycles. The number of fused-ring (bicyclic) bond motifs is 1. The van der Waals surface area contributed by atoms with Crippen molar-refractivity contribution in [3.63, 3.8) is 0 Å². The lowest BCUT2D eigenvalue weighted by Gasteiger charge is -2.30. The van der Waals surface area contributed by atoms with E-state index in [4.69, 9.17) is 9.84 Å². The molecule has 4 rings (SSSR count). The van der Waals surface area contributed by atoms with E-state index in [1.165, 1.54) is 0 Å². The first-order valence-corrected chi connectivity index (χ1v) is 9.28. The molecule has 1 saturated heterocycles. The maximum absolute atomic E-state index is 12.7. The molecule has 1 N–H and O–H groups in total. The summed E-state index contributed by atoms with van der Waals surface area (Å²) in [7, 11) is 0. The second kappa shape index (κ2) is 7.72. The number of piperidine rings is 1. The first-order valence-electron chi connectivity index (χ1n) is 9.28. The molecular formula is C21H21N3O4. The molecular weight excluding hydrogens is 358 g/mol. The molecule has 1 aromatic carbocycles. The molecule has 7 heteroatoms. The van der Waals surface area contributed by atoms with Gasteiger partial charge in [0.15, 0.2) is 0 Å². The van der Waals surface area contributed by atoms with Gasteiger partial charge in [0.2, 0.25) is 0 Å². The Morgan fingerprint density at radius 3 is 2.71 bits per heavy atom. The number of carboxylic acid groups (broad SMARTS) is 1. The van der Waals surface area contributed by atoms with Gasteiger partial charge in [-0.1, -0.05) is 12.1 Å². The summed E-state index contributed by atoms with van der Waals surface area (Å²) in [6.07, 6.45) is 4.83. The number of hydrogen-bond acceptors (Lipinski definition) is 4. The third-order valence-electron chi connectivity index (χ3n) is 5.01. The van der Waals surface area contributed by atoms with E-state index in [0.717, 1.165) is 11.3 Å². The Labute approximate surface area is 162 Å². The highest BCUT2D eigenvalue weighted by Gasteiger charge is 2.27. The summed E-state index contributed by atoms with van der Waals surface area (Å²) in [4.78, 5) is 30.0. The van der Waals surface area contributed by atoms with Gasteiger partial charge in [-0.25, -0.2) is 4.98 Å². The summed E-state index contributed by atoms with van der Waals surface area (Å²) in [5.41, 5.74) is 2.20. The maximum Gasteiger partial charge on any atom is 0.306 e. The quantitative estimate of drug-likeness (QED) is 0.737. The van der Waals surface area contributed by atoms with Crippen LogP contribution < -0.4 is 4.74 Å². The topological polar surface area (TPSA) is 84.1 Å². The van der Waals surface area contributed by atoms with Crippen molar-refractivity contribution in [2.24, 2.45) is 5.92 Å². The molecule has 0 radical (unpaired) electrons. The molecule has 3 aromatic rings. The number of nitrogens with zero attached hydrogens (tertiary/aromatic N) is 3. The van der Waals surface area contributed by atoms with E-state index in [-0.39, 0.29) is 11.8 Å². The number of carboxylic acids is 1. The van der Waals surface area contributed by atoms with Gasteiger partial charge < -0.3 is 19.1 Å². The van der Waals surface area contributed by atoms with Gasteiger partial charge in [0.25, 0.3) is 5.91 Å². The second-order valence-electron chi connectivity index (χ2n) is 6.92. The number of aromatic nitrogens is 2. The summed E-state index contributed by atoms with van der Waals surface area (Å²) in [6.45, 7) is 1.23. The molecule has 0 bridgehead atoms. The van der Waals surface area contributed by atoms with Crippen LogP contribution in [0.1, 0.15) is 28.9 Å². The Morgan fingerprint density at radius 2 is 1.96 bits per heavy atom. The number of carbonyl (C=O) groups is 2. The number of aliphatic carboxylic acids is 1. The minimum Gasteiger partial charge on any atom is -0.487 e. The van der Waals surface area contributed by atoms with Crippen molar-refractivity contribution in [2.45, 2.75) is 19.4 Å². The summed E-state index contributed by atoms with van der Waals surface area (Å²) in [5, 5.41) is 9.09. The SMILES string of the molecule is O=C(O)C1CCN(C(=O)c2cccc(OCc3cn4ccccc4n3)c2)CC1. The zero-order chi connectivity index (χ0) is 19.5. The number of imidazole rings is 1. The lowest BCUT2D eigenvalue weighted by Crippen LogP contribution is -2.40. The van der Waals surface area contributed by atoms with Crippen molar-refractivity contribution >= 4 is 17.5 Å². The minimum absolute atomic E-state index is 0.0954. The molecule has 0 spiro atoms. The van der Waals surface area contributed by atoms with Crippen LogP contribution in [0.25, 0.3) is 5.65 Å². The molecule has 0 aliphatic carbocycles. The smallest absolute Gasteiger partial charge is 0.306 e. The van der Waals surface area contributed by atoms with Gasteiger partial charge >= 0.3 is 5.97 Å². The Kier molecular flexibility index (Phi) is 4.97. The summed E-state index contributed by atoms with van der Waals surface area (Å²) in [6, 6.07) is 12.9.